The normalized spacial score (nSPS) is 18.6. The molecule has 1 aliphatic heterocycles. The van der Waals surface area contributed by atoms with Crippen LogP contribution in [0, 0.1) is 0 Å². The second kappa shape index (κ2) is 1.66. The van der Waals surface area contributed by atoms with Crippen LogP contribution in [0.3, 0.4) is 0 Å². The maximum absolute atomic E-state index is 5.26. The predicted octanol–water partition coefficient (Wildman–Crippen LogP) is -0.0643. The van der Waals surface area contributed by atoms with E-state index in [1.54, 1.807) is 0 Å². The van der Waals surface area contributed by atoms with E-state index in [-0.39, 0.29) is 0 Å². The van der Waals surface area contributed by atoms with Crippen LogP contribution in [-0.2, 0) is 0 Å². The number of rotatable bonds is 0. The minimum absolute atomic E-state index is 0.547. The van der Waals surface area contributed by atoms with Gasteiger partial charge in [-0.25, -0.2) is 0 Å². The van der Waals surface area contributed by atoms with Crippen LogP contribution < -0.4 is 5.73 Å². The summed E-state index contributed by atoms with van der Waals surface area (Å²) in [5, 5.41) is 0.547. The van der Waals surface area contributed by atoms with Crippen molar-refractivity contribution >= 4 is 17.3 Å². The second-order valence-corrected chi connectivity index (χ2v) is 2.10. The first-order valence-corrected chi connectivity index (χ1v) is 2.76. The minimum Gasteiger partial charge on any atom is -0.376 e. The molecule has 0 aromatic rings. The molecule has 2 nitrogen and oxygen atoms in total. The lowest BCUT2D eigenvalue weighted by Crippen LogP contribution is -2.44. The third-order valence-corrected chi connectivity index (χ3v) is 1.43. The maximum Gasteiger partial charge on any atom is 0.166 e. The second-order valence-electron chi connectivity index (χ2n) is 1.68. The van der Waals surface area contributed by atoms with Crippen LogP contribution in [0.2, 0.25) is 0 Å². The van der Waals surface area contributed by atoms with E-state index in [0.29, 0.717) is 5.11 Å². The zero-order valence-corrected chi connectivity index (χ0v) is 4.87. The van der Waals surface area contributed by atoms with Crippen molar-refractivity contribution in [3.8, 4) is 0 Å². The van der Waals surface area contributed by atoms with E-state index < -0.39 is 0 Å². The fourth-order valence-corrected chi connectivity index (χ4v) is 0.719. The van der Waals surface area contributed by atoms with E-state index in [9.17, 15) is 0 Å². The van der Waals surface area contributed by atoms with E-state index in [0.717, 1.165) is 13.1 Å². The van der Waals surface area contributed by atoms with E-state index in [1.165, 1.54) is 6.42 Å². The van der Waals surface area contributed by atoms with Gasteiger partial charge in [0.2, 0.25) is 0 Å². The maximum atomic E-state index is 5.26. The third-order valence-electron chi connectivity index (χ3n) is 1.17. The van der Waals surface area contributed by atoms with Gasteiger partial charge in [-0.3, -0.25) is 0 Å². The molecule has 0 bridgehead atoms. The largest absolute Gasteiger partial charge is 0.376 e. The number of nitrogens with zero attached hydrogens (tertiary/aromatic N) is 1. The summed E-state index contributed by atoms with van der Waals surface area (Å²) in [4.78, 5) is 1.98. The summed E-state index contributed by atoms with van der Waals surface area (Å²) in [6, 6.07) is 0. The highest BCUT2D eigenvalue weighted by molar-refractivity contribution is 7.80. The Morgan fingerprint density at radius 2 is 2.14 bits per heavy atom. The summed E-state index contributed by atoms with van der Waals surface area (Å²) in [7, 11) is 0. The van der Waals surface area contributed by atoms with Crippen LogP contribution in [0.1, 0.15) is 6.42 Å². The molecular formula is C4H8N2S. The molecule has 0 aromatic heterocycles. The Morgan fingerprint density at radius 1 is 1.57 bits per heavy atom. The fourth-order valence-electron chi connectivity index (χ4n) is 0.537. The Kier molecular flexibility index (Phi) is 1.15. The van der Waals surface area contributed by atoms with Crippen molar-refractivity contribution in [2.75, 3.05) is 13.1 Å². The third kappa shape index (κ3) is 0.825. The first-order chi connectivity index (χ1) is 3.30. The highest BCUT2D eigenvalue weighted by atomic mass is 32.1. The lowest BCUT2D eigenvalue weighted by molar-refractivity contribution is 0.302. The molecule has 1 saturated heterocycles. The average Bonchev–Trinajstić information content (AvgIpc) is 1.23. The molecule has 7 heavy (non-hydrogen) atoms. The fraction of sp³-hybridized carbons (Fsp3) is 0.750. The lowest BCUT2D eigenvalue weighted by atomic mass is 10.2. The van der Waals surface area contributed by atoms with Crippen LogP contribution in [0.5, 0.6) is 0 Å². The van der Waals surface area contributed by atoms with Gasteiger partial charge in [-0.15, -0.1) is 0 Å². The number of hydrogen-bond acceptors (Lipinski definition) is 1. The summed E-state index contributed by atoms with van der Waals surface area (Å²) in [6.45, 7) is 2.13. The van der Waals surface area contributed by atoms with Gasteiger partial charge in [0, 0.05) is 13.1 Å². The van der Waals surface area contributed by atoms with Crippen LogP contribution >= 0.6 is 12.2 Å². The van der Waals surface area contributed by atoms with E-state index >= 15 is 0 Å². The first kappa shape index (κ1) is 4.84. The van der Waals surface area contributed by atoms with Gasteiger partial charge in [0.15, 0.2) is 5.11 Å². The van der Waals surface area contributed by atoms with Gasteiger partial charge in [0.05, 0.1) is 0 Å². The first-order valence-electron chi connectivity index (χ1n) is 2.35. The van der Waals surface area contributed by atoms with Gasteiger partial charge in [0.1, 0.15) is 0 Å². The summed E-state index contributed by atoms with van der Waals surface area (Å²) in [5.74, 6) is 0. The van der Waals surface area contributed by atoms with Crippen molar-refractivity contribution in [1.82, 2.24) is 4.90 Å². The molecule has 2 N–H and O–H groups in total. The van der Waals surface area contributed by atoms with Gasteiger partial charge >= 0.3 is 0 Å². The Balaban J connectivity index is 2.27. The van der Waals surface area contributed by atoms with Gasteiger partial charge in [-0.05, 0) is 18.6 Å². The van der Waals surface area contributed by atoms with E-state index in [2.05, 4.69) is 12.2 Å². The molecule has 0 aromatic carbocycles. The summed E-state index contributed by atoms with van der Waals surface area (Å²) >= 11 is 4.67. The molecule has 0 spiro atoms. The van der Waals surface area contributed by atoms with Crippen molar-refractivity contribution in [2.24, 2.45) is 5.73 Å². The Labute approximate surface area is 48.3 Å². The van der Waals surface area contributed by atoms with Gasteiger partial charge < -0.3 is 10.6 Å². The van der Waals surface area contributed by atoms with Crippen molar-refractivity contribution in [3.63, 3.8) is 0 Å². The zero-order chi connectivity index (χ0) is 5.28. The molecular weight excluding hydrogens is 108 g/mol. The van der Waals surface area contributed by atoms with Crippen molar-refractivity contribution in [2.45, 2.75) is 6.42 Å². The summed E-state index contributed by atoms with van der Waals surface area (Å²) in [6.07, 6.45) is 1.25. The molecule has 1 rings (SSSR count). The standard InChI is InChI=1S/C4H8N2S/c5-4(7)6-2-1-3-6/h1-3H2,(H2,5,7). The smallest absolute Gasteiger partial charge is 0.166 e. The van der Waals surface area contributed by atoms with E-state index in [1.807, 2.05) is 4.90 Å². The Morgan fingerprint density at radius 3 is 2.14 bits per heavy atom. The molecule has 3 heteroatoms. The lowest BCUT2D eigenvalue weighted by Gasteiger charge is -2.30. The monoisotopic (exact) mass is 116 g/mol. The van der Waals surface area contributed by atoms with Crippen LogP contribution in [0.15, 0.2) is 0 Å². The topological polar surface area (TPSA) is 29.3 Å². The Hall–Kier alpha value is -0.310. The van der Waals surface area contributed by atoms with Gasteiger partial charge in [-0.1, -0.05) is 0 Å². The van der Waals surface area contributed by atoms with E-state index in [4.69, 9.17) is 5.73 Å². The van der Waals surface area contributed by atoms with Crippen LogP contribution in [0.25, 0.3) is 0 Å². The zero-order valence-electron chi connectivity index (χ0n) is 4.05. The molecule has 0 radical (unpaired) electrons. The van der Waals surface area contributed by atoms with Gasteiger partial charge in [0.25, 0.3) is 0 Å². The molecule has 0 amide bonds. The van der Waals surface area contributed by atoms with Gasteiger partial charge in [-0.2, -0.15) is 0 Å². The summed E-state index contributed by atoms with van der Waals surface area (Å²) < 4.78 is 0. The predicted molar refractivity (Wildman–Crippen MR) is 33.0 cm³/mol. The number of thiocarbonyl (C=S) groups is 1. The molecule has 0 saturated carbocycles. The quantitative estimate of drug-likeness (QED) is 0.449. The minimum atomic E-state index is 0.547. The van der Waals surface area contributed by atoms with Crippen molar-refractivity contribution < 1.29 is 0 Å². The molecule has 1 aliphatic rings. The van der Waals surface area contributed by atoms with Crippen LogP contribution in [0.4, 0.5) is 0 Å². The summed E-state index contributed by atoms with van der Waals surface area (Å²) in [5.41, 5.74) is 5.26. The molecule has 0 unspecified atom stereocenters. The highest BCUT2D eigenvalue weighted by Crippen LogP contribution is 2.03. The average molecular weight is 116 g/mol. The highest BCUT2D eigenvalue weighted by Gasteiger charge is 2.12. The van der Waals surface area contributed by atoms with Crippen LogP contribution in [-0.4, -0.2) is 23.1 Å². The van der Waals surface area contributed by atoms with Crippen molar-refractivity contribution in [1.29, 1.82) is 0 Å². The molecule has 1 heterocycles. The Bertz CT molecular complexity index is 87.7. The molecule has 1 fully saturated rings. The number of nitrogens with two attached hydrogens (primary N) is 1. The number of likely N-dealkylation sites (tertiary alicyclic amines) is 1. The molecule has 0 aliphatic carbocycles. The van der Waals surface area contributed by atoms with Crippen molar-refractivity contribution in [3.05, 3.63) is 0 Å². The molecule has 40 valence electrons. The molecule has 0 atom stereocenters. The SMILES string of the molecule is NC(=S)N1CCC1. The number of hydrogen-bond donors (Lipinski definition) is 1.